The average Bonchev–Trinajstić information content (AvgIpc) is 3.06. The lowest BCUT2D eigenvalue weighted by molar-refractivity contribution is -0.137. The van der Waals surface area contributed by atoms with Crippen LogP contribution in [0.5, 0.6) is 5.88 Å². The zero-order valence-electron chi connectivity index (χ0n) is 15.4. The molecule has 1 fully saturated rings. The highest BCUT2D eigenvalue weighted by Crippen LogP contribution is 2.31. The predicted octanol–water partition coefficient (Wildman–Crippen LogP) is 3.40. The number of nitrogens with zero attached hydrogens (tertiary/aromatic N) is 4. The van der Waals surface area contributed by atoms with Crippen molar-refractivity contribution in [3.63, 3.8) is 0 Å². The summed E-state index contributed by atoms with van der Waals surface area (Å²) in [7, 11) is 1.69. The standard InChI is InChI=1S/C20H17F3N4O2/c1-26-17(10-16(25-26)13-5-3-2-4-6-13)19(28)27-11-15(12-27)29-18-9-14(7-8-24-18)20(21,22)23/h2-10,15H,11-12H2,1H3. The molecule has 0 radical (unpaired) electrons. The molecule has 1 saturated heterocycles. The monoisotopic (exact) mass is 402 g/mol. The number of carbonyl (C=O) groups excluding carboxylic acids is 1. The van der Waals surface area contributed by atoms with Gasteiger partial charge in [0.05, 0.1) is 24.3 Å². The van der Waals surface area contributed by atoms with Crippen molar-refractivity contribution < 1.29 is 22.7 Å². The minimum absolute atomic E-state index is 0.108. The summed E-state index contributed by atoms with van der Waals surface area (Å²) in [6, 6.07) is 13.0. The maximum absolute atomic E-state index is 12.8. The molecule has 6 nitrogen and oxygen atoms in total. The fourth-order valence-corrected chi connectivity index (χ4v) is 3.08. The van der Waals surface area contributed by atoms with Gasteiger partial charge in [-0.05, 0) is 12.1 Å². The van der Waals surface area contributed by atoms with Crippen molar-refractivity contribution in [3.8, 4) is 17.1 Å². The van der Waals surface area contributed by atoms with Gasteiger partial charge in [0.15, 0.2) is 0 Å². The van der Waals surface area contributed by atoms with Gasteiger partial charge in [-0.1, -0.05) is 30.3 Å². The van der Waals surface area contributed by atoms with Gasteiger partial charge in [0.2, 0.25) is 5.88 Å². The summed E-state index contributed by atoms with van der Waals surface area (Å²) in [4.78, 5) is 18.1. The van der Waals surface area contributed by atoms with E-state index in [1.54, 1.807) is 18.0 Å². The number of alkyl halides is 3. The van der Waals surface area contributed by atoms with Gasteiger partial charge in [-0.25, -0.2) is 4.98 Å². The molecule has 150 valence electrons. The molecule has 0 aliphatic carbocycles. The van der Waals surface area contributed by atoms with Crippen LogP contribution in [0.2, 0.25) is 0 Å². The van der Waals surface area contributed by atoms with Crippen molar-refractivity contribution in [2.45, 2.75) is 12.3 Å². The lowest BCUT2D eigenvalue weighted by Crippen LogP contribution is -2.56. The molecular formula is C20H17F3N4O2. The van der Waals surface area contributed by atoms with Crippen molar-refractivity contribution in [2.75, 3.05) is 13.1 Å². The minimum Gasteiger partial charge on any atom is -0.471 e. The van der Waals surface area contributed by atoms with Gasteiger partial charge in [0.1, 0.15) is 11.8 Å². The number of pyridine rings is 1. The Labute approximate surface area is 164 Å². The van der Waals surface area contributed by atoms with Crippen molar-refractivity contribution in [2.24, 2.45) is 7.05 Å². The number of likely N-dealkylation sites (tertiary alicyclic amines) is 1. The number of halogens is 3. The number of benzene rings is 1. The normalized spacial score (nSPS) is 14.6. The van der Waals surface area contributed by atoms with Crippen LogP contribution in [0.1, 0.15) is 16.1 Å². The van der Waals surface area contributed by atoms with Gasteiger partial charge in [0, 0.05) is 24.9 Å². The van der Waals surface area contributed by atoms with E-state index < -0.39 is 17.8 Å². The largest absolute Gasteiger partial charge is 0.471 e. The fourth-order valence-electron chi connectivity index (χ4n) is 3.08. The Hall–Kier alpha value is -3.36. The average molecular weight is 402 g/mol. The number of amides is 1. The van der Waals surface area contributed by atoms with Crippen molar-refractivity contribution in [1.29, 1.82) is 0 Å². The SMILES string of the molecule is Cn1nc(-c2ccccc2)cc1C(=O)N1CC(Oc2cc(C(F)(F)F)ccn2)C1. The van der Waals surface area contributed by atoms with Crippen molar-refractivity contribution in [3.05, 3.63) is 66.0 Å². The Balaban J connectivity index is 1.39. The van der Waals surface area contributed by atoms with Crippen molar-refractivity contribution in [1.82, 2.24) is 19.7 Å². The fraction of sp³-hybridized carbons (Fsp3) is 0.250. The highest BCUT2D eigenvalue weighted by atomic mass is 19.4. The molecule has 0 N–H and O–H groups in total. The van der Waals surface area contributed by atoms with E-state index in [0.29, 0.717) is 11.4 Å². The van der Waals surface area contributed by atoms with Crippen LogP contribution in [0.25, 0.3) is 11.3 Å². The molecule has 1 amide bonds. The van der Waals surface area contributed by atoms with E-state index in [1.807, 2.05) is 30.3 Å². The van der Waals surface area contributed by atoms with E-state index in [-0.39, 0.29) is 24.9 Å². The first-order valence-corrected chi connectivity index (χ1v) is 8.90. The van der Waals surface area contributed by atoms with Crippen LogP contribution in [0.3, 0.4) is 0 Å². The lowest BCUT2D eigenvalue weighted by atomic mass is 10.1. The van der Waals surface area contributed by atoms with Gasteiger partial charge in [-0.3, -0.25) is 9.48 Å². The summed E-state index contributed by atoms with van der Waals surface area (Å²) in [5, 5.41) is 4.38. The number of carbonyl (C=O) groups is 1. The van der Waals surface area contributed by atoms with Crippen LogP contribution >= 0.6 is 0 Å². The second-order valence-electron chi connectivity index (χ2n) is 6.73. The van der Waals surface area contributed by atoms with Crippen LogP contribution in [-0.2, 0) is 13.2 Å². The molecule has 4 rings (SSSR count). The van der Waals surface area contributed by atoms with Crippen LogP contribution < -0.4 is 4.74 Å². The molecule has 0 bridgehead atoms. The van der Waals surface area contributed by atoms with E-state index in [9.17, 15) is 18.0 Å². The predicted molar refractivity (Wildman–Crippen MR) is 98.2 cm³/mol. The zero-order valence-corrected chi connectivity index (χ0v) is 15.4. The third-order valence-electron chi connectivity index (χ3n) is 4.65. The molecule has 1 aromatic carbocycles. The Bertz CT molecular complexity index is 1030. The molecular weight excluding hydrogens is 385 g/mol. The summed E-state index contributed by atoms with van der Waals surface area (Å²) in [6.45, 7) is 0.533. The van der Waals surface area contributed by atoms with Gasteiger partial charge in [-0.15, -0.1) is 0 Å². The van der Waals surface area contributed by atoms with Gasteiger partial charge < -0.3 is 9.64 Å². The Morgan fingerprint density at radius 1 is 1.14 bits per heavy atom. The Morgan fingerprint density at radius 3 is 2.55 bits per heavy atom. The molecule has 1 aliphatic heterocycles. The first-order chi connectivity index (χ1) is 13.8. The maximum Gasteiger partial charge on any atom is 0.416 e. The number of ether oxygens (including phenoxy) is 1. The van der Waals surface area contributed by atoms with Crippen molar-refractivity contribution >= 4 is 5.91 Å². The van der Waals surface area contributed by atoms with E-state index in [0.717, 1.165) is 23.9 Å². The number of hydrogen-bond acceptors (Lipinski definition) is 4. The molecule has 3 heterocycles. The number of rotatable bonds is 4. The number of aromatic nitrogens is 3. The topological polar surface area (TPSA) is 60.2 Å². The van der Waals surface area contributed by atoms with Crippen LogP contribution in [-0.4, -0.2) is 44.8 Å². The summed E-state index contributed by atoms with van der Waals surface area (Å²) in [6.07, 6.45) is -3.81. The first-order valence-electron chi connectivity index (χ1n) is 8.90. The molecule has 1 aliphatic rings. The molecule has 0 unspecified atom stereocenters. The second-order valence-corrected chi connectivity index (χ2v) is 6.73. The molecule has 9 heteroatoms. The zero-order chi connectivity index (χ0) is 20.6. The van der Waals surface area contributed by atoms with Gasteiger partial charge >= 0.3 is 6.18 Å². The third-order valence-corrected chi connectivity index (χ3v) is 4.65. The molecule has 2 aromatic heterocycles. The van der Waals surface area contributed by atoms with Crippen LogP contribution in [0, 0.1) is 0 Å². The van der Waals surface area contributed by atoms with Crippen LogP contribution in [0.15, 0.2) is 54.7 Å². The van der Waals surface area contributed by atoms with E-state index in [1.165, 1.54) is 4.68 Å². The van der Waals surface area contributed by atoms with E-state index >= 15 is 0 Å². The highest BCUT2D eigenvalue weighted by Gasteiger charge is 2.35. The highest BCUT2D eigenvalue weighted by molar-refractivity contribution is 5.94. The van der Waals surface area contributed by atoms with Crippen LogP contribution in [0.4, 0.5) is 13.2 Å². The summed E-state index contributed by atoms with van der Waals surface area (Å²) in [5.74, 6) is -0.317. The van der Waals surface area contributed by atoms with E-state index in [2.05, 4.69) is 10.1 Å². The molecule has 3 aromatic rings. The minimum atomic E-state index is -4.46. The smallest absolute Gasteiger partial charge is 0.416 e. The summed E-state index contributed by atoms with van der Waals surface area (Å²) in [5.41, 5.74) is 1.21. The lowest BCUT2D eigenvalue weighted by Gasteiger charge is -2.38. The molecule has 0 spiro atoms. The third kappa shape index (κ3) is 3.94. The summed E-state index contributed by atoms with van der Waals surface area (Å²) >= 11 is 0. The first kappa shape index (κ1) is 19.0. The van der Waals surface area contributed by atoms with Gasteiger partial charge in [-0.2, -0.15) is 18.3 Å². The molecule has 0 atom stereocenters. The molecule has 0 saturated carbocycles. The number of aryl methyl sites for hydroxylation is 1. The number of hydrogen-bond donors (Lipinski definition) is 0. The van der Waals surface area contributed by atoms with Gasteiger partial charge in [0.25, 0.3) is 5.91 Å². The Morgan fingerprint density at radius 2 is 1.86 bits per heavy atom. The summed E-state index contributed by atoms with van der Waals surface area (Å²) < 4.78 is 45.3. The van der Waals surface area contributed by atoms with E-state index in [4.69, 9.17) is 4.74 Å². The maximum atomic E-state index is 12.8. The second kappa shape index (κ2) is 7.23. The molecule has 29 heavy (non-hydrogen) atoms. The quantitative estimate of drug-likeness (QED) is 0.671. The Kier molecular flexibility index (Phi) is 4.73.